The van der Waals surface area contributed by atoms with Crippen molar-refractivity contribution in [3.63, 3.8) is 0 Å². The Bertz CT molecular complexity index is 485. The normalized spacial score (nSPS) is 19.8. The fraction of sp³-hybridized carbons (Fsp3) is 0.562. The molecule has 21 heavy (non-hydrogen) atoms. The van der Waals surface area contributed by atoms with Crippen LogP contribution >= 0.6 is 23.2 Å². The molecule has 1 aliphatic rings. The fourth-order valence-electron chi connectivity index (χ4n) is 2.72. The van der Waals surface area contributed by atoms with Gasteiger partial charge in [-0.15, -0.1) is 0 Å². The van der Waals surface area contributed by atoms with Crippen molar-refractivity contribution >= 4 is 29.1 Å². The second-order valence-corrected chi connectivity index (χ2v) is 6.75. The number of nitrogens with one attached hydrogen (secondary N) is 1. The zero-order valence-corrected chi connectivity index (χ0v) is 14.0. The Morgan fingerprint density at radius 1 is 1.38 bits per heavy atom. The first-order chi connectivity index (χ1) is 9.97. The van der Waals surface area contributed by atoms with Crippen LogP contribution in [-0.2, 0) is 11.3 Å². The van der Waals surface area contributed by atoms with Gasteiger partial charge in [-0.05, 0) is 45.4 Å². The van der Waals surface area contributed by atoms with Gasteiger partial charge in [-0.3, -0.25) is 9.69 Å². The van der Waals surface area contributed by atoms with Crippen LogP contribution in [0.1, 0.15) is 32.3 Å². The highest BCUT2D eigenvalue weighted by Crippen LogP contribution is 2.27. The van der Waals surface area contributed by atoms with Crippen LogP contribution in [0.2, 0.25) is 10.0 Å². The predicted molar refractivity (Wildman–Crippen MR) is 87.7 cm³/mol. The number of carbonyl (C=O) groups is 1. The van der Waals surface area contributed by atoms with E-state index in [0.717, 1.165) is 31.5 Å². The van der Waals surface area contributed by atoms with Gasteiger partial charge < -0.3 is 5.32 Å². The maximum atomic E-state index is 12.2. The highest BCUT2D eigenvalue weighted by Gasteiger charge is 2.26. The molecule has 0 aliphatic carbocycles. The average molecular weight is 329 g/mol. The minimum atomic E-state index is 0.0578. The van der Waals surface area contributed by atoms with E-state index in [-0.39, 0.29) is 17.9 Å². The largest absolute Gasteiger partial charge is 0.354 e. The number of halogens is 2. The number of rotatable bonds is 4. The van der Waals surface area contributed by atoms with Gasteiger partial charge >= 0.3 is 0 Å². The van der Waals surface area contributed by atoms with Gasteiger partial charge in [0.2, 0.25) is 5.91 Å². The summed E-state index contributed by atoms with van der Waals surface area (Å²) in [6, 6.07) is 5.75. The number of carbonyl (C=O) groups excluding carboxylic acids is 1. The molecule has 2 rings (SSSR count). The first kappa shape index (κ1) is 16.6. The first-order valence-corrected chi connectivity index (χ1v) is 8.18. The Morgan fingerprint density at radius 3 is 2.67 bits per heavy atom. The zero-order chi connectivity index (χ0) is 15.4. The first-order valence-electron chi connectivity index (χ1n) is 7.43. The number of hydrogen-bond donors (Lipinski definition) is 1. The van der Waals surface area contributed by atoms with E-state index < -0.39 is 0 Å². The molecule has 1 saturated heterocycles. The third-order valence-electron chi connectivity index (χ3n) is 3.75. The Balaban J connectivity index is 2.00. The van der Waals surface area contributed by atoms with Gasteiger partial charge in [0.05, 0.1) is 5.92 Å². The minimum absolute atomic E-state index is 0.0578. The summed E-state index contributed by atoms with van der Waals surface area (Å²) >= 11 is 12.5. The number of hydrogen-bond acceptors (Lipinski definition) is 2. The average Bonchev–Trinajstić information content (AvgIpc) is 2.43. The lowest BCUT2D eigenvalue weighted by molar-refractivity contribution is -0.127. The van der Waals surface area contributed by atoms with E-state index in [9.17, 15) is 4.79 Å². The van der Waals surface area contributed by atoms with Gasteiger partial charge in [-0.2, -0.15) is 0 Å². The van der Waals surface area contributed by atoms with Gasteiger partial charge in [-0.1, -0.05) is 29.3 Å². The van der Waals surface area contributed by atoms with Crippen molar-refractivity contribution in [3.8, 4) is 0 Å². The van der Waals surface area contributed by atoms with Crippen LogP contribution in [0, 0.1) is 5.92 Å². The molecular weight excluding hydrogens is 307 g/mol. The number of nitrogens with zero attached hydrogens (tertiary/aromatic N) is 1. The van der Waals surface area contributed by atoms with Gasteiger partial charge in [-0.25, -0.2) is 0 Å². The van der Waals surface area contributed by atoms with Crippen LogP contribution in [0.5, 0.6) is 0 Å². The smallest absolute Gasteiger partial charge is 0.224 e. The molecule has 0 aromatic heterocycles. The van der Waals surface area contributed by atoms with E-state index in [4.69, 9.17) is 23.2 Å². The quantitative estimate of drug-likeness (QED) is 0.913. The van der Waals surface area contributed by atoms with E-state index in [2.05, 4.69) is 10.2 Å². The standard InChI is InChI=1S/C16H22Cl2N2O/c1-11(2)19-16(21)12-5-4-8-20(9-12)10-13-14(17)6-3-7-15(13)18/h3,6-7,11-12H,4-5,8-10H2,1-2H3,(H,19,21)/t12-/m0/s1. The van der Waals surface area contributed by atoms with Crippen molar-refractivity contribution in [2.75, 3.05) is 13.1 Å². The lowest BCUT2D eigenvalue weighted by atomic mass is 9.96. The van der Waals surface area contributed by atoms with Gasteiger partial charge in [0, 0.05) is 34.7 Å². The predicted octanol–water partition coefficient (Wildman–Crippen LogP) is 3.73. The molecule has 1 aliphatic heterocycles. The van der Waals surface area contributed by atoms with E-state index in [1.54, 1.807) is 0 Å². The molecule has 3 nitrogen and oxygen atoms in total. The molecule has 0 unspecified atom stereocenters. The second-order valence-electron chi connectivity index (χ2n) is 5.94. The van der Waals surface area contributed by atoms with E-state index in [1.165, 1.54) is 0 Å². The molecule has 116 valence electrons. The number of amides is 1. The molecule has 1 aromatic carbocycles. The van der Waals surface area contributed by atoms with Crippen LogP contribution in [-0.4, -0.2) is 29.9 Å². The summed E-state index contributed by atoms with van der Waals surface area (Å²) in [6.07, 6.45) is 1.98. The number of likely N-dealkylation sites (tertiary alicyclic amines) is 1. The van der Waals surface area contributed by atoms with Crippen molar-refractivity contribution in [1.29, 1.82) is 0 Å². The highest BCUT2D eigenvalue weighted by atomic mass is 35.5. The minimum Gasteiger partial charge on any atom is -0.354 e. The third kappa shape index (κ3) is 4.60. The van der Waals surface area contributed by atoms with Crippen LogP contribution in [0.4, 0.5) is 0 Å². The number of piperidine rings is 1. The summed E-state index contributed by atoms with van der Waals surface area (Å²) in [4.78, 5) is 14.4. The van der Waals surface area contributed by atoms with Crippen molar-refractivity contribution in [1.82, 2.24) is 10.2 Å². The van der Waals surface area contributed by atoms with Crippen LogP contribution < -0.4 is 5.32 Å². The zero-order valence-electron chi connectivity index (χ0n) is 12.5. The molecule has 0 bridgehead atoms. The monoisotopic (exact) mass is 328 g/mol. The maximum Gasteiger partial charge on any atom is 0.224 e. The maximum absolute atomic E-state index is 12.2. The van der Waals surface area contributed by atoms with Crippen molar-refractivity contribution in [3.05, 3.63) is 33.8 Å². The Labute approximate surface area is 136 Å². The lowest BCUT2D eigenvalue weighted by Gasteiger charge is -2.32. The molecule has 1 N–H and O–H groups in total. The molecule has 1 atom stereocenters. The Hall–Kier alpha value is -0.770. The van der Waals surface area contributed by atoms with Gasteiger partial charge in [0.25, 0.3) is 0 Å². The van der Waals surface area contributed by atoms with E-state index in [1.807, 2.05) is 32.0 Å². The molecule has 1 amide bonds. The summed E-state index contributed by atoms with van der Waals surface area (Å²) in [5.74, 6) is 0.211. The molecule has 1 fully saturated rings. The molecule has 1 aromatic rings. The van der Waals surface area contributed by atoms with Crippen LogP contribution in [0.15, 0.2) is 18.2 Å². The van der Waals surface area contributed by atoms with E-state index in [0.29, 0.717) is 16.6 Å². The summed E-state index contributed by atoms with van der Waals surface area (Å²) in [5.41, 5.74) is 0.950. The van der Waals surface area contributed by atoms with Crippen LogP contribution in [0.25, 0.3) is 0 Å². The SMILES string of the molecule is CC(C)NC(=O)[C@H]1CCCN(Cc2c(Cl)cccc2Cl)C1. The van der Waals surface area contributed by atoms with Crippen molar-refractivity contribution < 1.29 is 4.79 Å². The summed E-state index contributed by atoms with van der Waals surface area (Å²) in [6.45, 7) is 6.42. The van der Waals surface area contributed by atoms with Crippen molar-refractivity contribution in [2.45, 2.75) is 39.3 Å². The Kier molecular flexibility index (Phi) is 5.91. The van der Waals surface area contributed by atoms with Gasteiger partial charge in [0.1, 0.15) is 0 Å². The van der Waals surface area contributed by atoms with Crippen molar-refractivity contribution in [2.24, 2.45) is 5.92 Å². The van der Waals surface area contributed by atoms with Gasteiger partial charge in [0.15, 0.2) is 0 Å². The molecular formula is C16H22Cl2N2O. The van der Waals surface area contributed by atoms with E-state index >= 15 is 0 Å². The third-order valence-corrected chi connectivity index (χ3v) is 4.46. The molecule has 0 radical (unpaired) electrons. The molecule has 1 heterocycles. The fourth-order valence-corrected chi connectivity index (χ4v) is 3.24. The summed E-state index contributed by atoms with van der Waals surface area (Å²) in [5, 5.41) is 4.38. The molecule has 0 spiro atoms. The summed E-state index contributed by atoms with van der Waals surface area (Å²) < 4.78 is 0. The Morgan fingerprint density at radius 2 is 2.05 bits per heavy atom. The molecule has 5 heteroatoms. The second kappa shape index (κ2) is 7.48. The topological polar surface area (TPSA) is 32.3 Å². The highest BCUT2D eigenvalue weighted by molar-refractivity contribution is 6.35. The lowest BCUT2D eigenvalue weighted by Crippen LogP contribution is -2.44. The number of benzene rings is 1. The molecule has 0 saturated carbocycles. The van der Waals surface area contributed by atoms with Crippen LogP contribution in [0.3, 0.4) is 0 Å². The summed E-state index contributed by atoms with van der Waals surface area (Å²) in [7, 11) is 0.